The first kappa shape index (κ1) is 11.5. The number of rotatable bonds is 4. The second-order valence-electron chi connectivity index (χ2n) is 3.72. The molecule has 0 saturated heterocycles. The van der Waals surface area contributed by atoms with Gasteiger partial charge in [0.05, 0.1) is 0 Å². The summed E-state index contributed by atoms with van der Waals surface area (Å²) in [6.07, 6.45) is 3.35. The van der Waals surface area contributed by atoms with Crippen LogP contribution in [0.5, 0.6) is 0 Å². The average Bonchev–Trinajstić information content (AvgIpc) is 2.14. The van der Waals surface area contributed by atoms with E-state index in [0.717, 1.165) is 23.4 Å². The zero-order valence-corrected chi connectivity index (χ0v) is 9.64. The summed E-state index contributed by atoms with van der Waals surface area (Å²) in [6, 6.07) is 6.03. The molecule has 1 aromatic rings. The van der Waals surface area contributed by atoms with Gasteiger partial charge in [-0.3, -0.25) is 0 Å². The van der Waals surface area contributed by atoms with E-state index in [1.807, 2.05) is 12.1 Å². The van der Waals surface area contributed by atoms with E-state index in [1.54, 1.807) is 0 Å². The highest BCUT2D eigenvalue weighted by atomic mass is 35.5. The summed E-state index contributed by atoms with van der Waals surface area (Å²) in [5, 5.41) is 0.800. The van der Waals surface area contributed by atoms with Crippen LogP contribution in [0.3, 0.4) is 0 Å². The molecule has 0 aliphatic carbocycles. The fourth-order valence-electron chi connectivity index (χ4n) is 1.68. The molecule has 0 aromatic heterocycles. The molecular weight excluding hydrogens is 194 g/mol. The van der Waals surface area contributed by atoms with Gasteiger partial charge in [0.2, 0.25) is 0 Å². The Labute approximate surface area is 91.3 Å². The summed E-state index contributed by atoms with van der Waals surface area (Å²) in [6.45, 7) is 4.24. The Bertz CT molecular complexity index is 276. The third-order valence-corrected chi connectivity index (χ3v) is 2.84. The van der Waals surface area contributed by atoms with Crippen LogP contribution in [0.25, 0.3) is 0 Å². The van der Waals surface area contributed by atoms with Crippen molar-refractivity contribution in [1.29, 1.82) is 0 Å². The fraction of sp³-hybridized carbons (Fsp3) is 0.500. The Morgan fingerprint density at radius 1 is 1.43 bits per heavy atom. The van der Waals surface area contributed by atoms with Crippen LogP contribution in [-0.2, 0) is 0 Å². The Morgan fingerprint density at radius 3 is 2.71 bits per heavy atom. The highest BCUT2D eigenvalue weighted by molar-refractivity contribution is 6.31. The predicted octanol–water partition coefficient (Wildman–Crippen LogP) is 3.84. The van der Waals surface area contributed by atoms with Crippen molar-refractivity contribution >= 4 is 11.6 Å². The molecule has 1 nitrogen and oxygen atoms in total. The molecule has 1 atom stereocenters. The maximum Gasteiger partial charge on any atom is 0.0456 e. The van der Waals surface area contributed by atoms with Gasteiger partial charge < -0.3 is 5.73 Å². The van der Waals surface area contributed by atoms with Crippen molar-refractivity contribution in [2.45, 2.75) is 39.2 Å². The van der Waals surface area contributed by atoms with Crippen molar-refractivity contribution in [3.8, 4) is 0 Å². The van der Waals surface area contributed by atoms with E-state index < -0.39 is 0 Å². The molecule has 0 spiro atoms. The third kappa shape index (κ3) is 2.73. The minimum absolute atomic E-state index is 0.0867. The van der Waals surface area contributed by atoms with Crippen molar-refractivity contribution in [3.63, 3.8) is 0 Å². The molecular formula is C12H18ClN. The molecule has 78 valence electrons. The van der Waals surface area contributed by atoms with Crippen LogP contribution in [-0.4, -0.2) is 0 Å². The van der Waals surface area contributed by atoms with Crippen molar-refractivity contribution in [3.05, 3.63) is 34.3 Å². The molecule has 0 aliphatic heterocycles. The molecule has 0 fully saturated rings. The van der Waals surface area contributed by atoms with Crippen LogP contribution in [0.4, 0.5) is 0 Å². The van der Waals surface area contributed by atoms with Gasteiger partial charge in [0.15, 0.2) is 0 Å². The molecule has 0 amide bonds. The van der Waals surface area contributed by atoms with Crippen LogP contribution >= 0.6 is 11.6 Å². The summed E-state index contributed by atoms with van der Waals surface area (Å²) < 4.78 is 0. The predicted molar refractivity (Wildman–Crippen MR) is 62.6 cm³/mol. The van der Waals surface area contributed by atoms with Crippen LogP contribution in [0, 0.1) is 6.92 Å². The molecule has 0 saturated carbocycles. The SMILES string of the molecule is CCCC[C@@H](N)c1c(C)cccc1Cl. The molecule has 1 aromatic carbocycles. The van der Waals surface area contributed by atoms with E-state index in [1.165, 1.54) is 12.0 Å². The van der Waals surface area contributed by atoms with Gasteiger partial charge in [-0.1, -0.05) is 43.5 Å². The lowest BCUT2D eigenvalue weighted by molar-refractivity contribution is 0.601. The van der Waals surface area contributed by atoms with Gasteiger partial charge >= 0.3 is 0 Å². The average molecular weight is 212 g/mol. The summed E-state index contributed by atoms with van der Waals surface area (Å²) in [4.78, 5) is 0. The van der Waals surface area contributed by atoms with Gasteiger partial charge in [0.25, 0.3) is 0 Å². The van der Waals surface area contributed by atoms with Crippen molar-refractivity contribution in [1.82, 2.24) is 0 Å². The molecule has 1 rings (SSSR count). The monoisotopic (exact) mass is 211 g/mol. The minimum atomic E-state index is 0.0867. The molecule has 0 heterocycles. The molecule has 2 heteroatoms. The smallest absolute Gasteiger partial charge is 0.0456 e. The van der Waals surface area contributed by atoms with Gasteiger partial charge in [-0.2, -0.15) is 0 Å². The third-order valence-electron chi connectivity index (χ3n) is 2.51. The number of aryl methyl sites for hydroxylation is 1. The Balaban J connectivity index is 2.82. The second-order valence-corrected chi connectivity index (χ2v) is 4.13. The van der Waals surface area contributed by atoms with Crippen molar-refractivity contribution in [2.24, 2.45) is 5.73 Å². The van der Waals surface area contributed by atoms with Crippen molar-refractivity contribution in [2.75, 3.05) is 0 Å². The molecule has 0 aliphatic rings. The first-order valence-electron chi connectivity index (χ1n) is 5.17. The molecule has 2 N–H and O–H groups in total. The van der Waals surface area contributed by atoms with Crippen LogP contribution in [0.2, 0.25) is 5.02 Å². The first-order valence-corrected chi connectivity index (χ1v) is 5.55. The van der Waals surface area contributed by atoms with E-state index in [4.69, 9.17) is 17.3 Å². The maximum atomic E-state index is 6.12. The summed E-state index contributed by atoms with van der Waals surface area (Å²) in [7, 11) is 0. The van der Waals surface area contributed by atoms with E-state index in [-0.39, 0.29) is 6.04 Å². The Kier molecular flexibility index (Phi) is 4.43. The number of halogens is 1. The van der Waals surface area contributed by atoms with Crippen LogP contribution < -0.4 is 5.73 Å². The van der Waals surface area contributed by atoms with Gasteiger partial charge in [0, 0.05) is 11.1 Å². The number of hydrogen-bond donors (Lipinski definition) is 1. The number of hydrogen-bond acceptors (Lipinski definition) is 1. The first-order chi connectivity index (χ1) is 6.66. The zero-order chi connectivity index (χ0) is 10.6. The van der Waals surface area contributed by atoms with E-state index in [0.29, 0.717) is 0 Å². The quantitative estimate of drug-likeness (QED) is 0.805. The van der Waals surface area contributed by atoms with Crippen LogP contribution in [0.15, 0.2) is 18.2 Å². The second kappa shape index (κ2) is 5.38. The lowest BCUT2D eigenvalue weighted by Crippen LogP contribution is -2.12. The highest BCUT2D eigenvalue weighted by Crippen LogP contribution is 2.27. The lowest BCUT2D eigenvalue weighted by atomic mass is 9.98. The summed E-state index contributed by atoms with van der Waals surface area (Å²) in [5.74, 6) is 0. The summed E-state index contributed by atoms with van der Waals surface area (Å²) >= 11 is 6.12. The van der Waals surface area contributed by atoms with Crippen molar-refractivity contribution < 1.29 is 0 Å². The molecule has 14 heavy (non-hydrogen) atoms. The van der Waals surface area contributed by atoms with E-state index in [2.05, 4.69) is 19.9 Å². The van der Waals surface area contributed by atoms with Crippen LogP contribution in [0.1, 0.15) is 43.4 Å². The van der Waals surface area contributed by atoms with E-state index >= 15 is 0 Å². The molecule has 0 radical (unpaired) electrons. The minimum Gasteiger partial charge on any atom is -0.324 e. The van der Waals surface area contributed by atoms with Gasteiger partial charge in [-0.05, 0) is 30.5 Å². The lowest BCUT2D eigenvalue weighted by Gasteiger charge is -2.15. The summed E-state index contributed by atoms with van der Waals surface area (Å²) in [5.41, 5.74) is 8.41. The van der Waals surface area contributed by atoms with Gasteiger partial charge in [-0.25, -0.2) is 0 Å². The van der Waals surface area contributed by atoms with Gasteiger partial charge in [-0.15, -0.1) is 0 Å². The highest BCUT2D eigenvalue weighted by Gasteiger charge is 2.11. The maximum absolute atomic E-state index is 6.12. The van der Waals surface area contributed by atoms with Gasteiger partial charge in [0.1, 0.15) is 0 Å². The number of unbranched alkanes of at least 4 members (excludes halogenated alkanes) is 1. The fourth-order valence-corrected chi connectivity index (χ4v) is 2.04. The molecule has 0 bridgehead atoms. The number of nitrogens with two attached hydrogens (primary N) is 1. The van der Waals surface area contributed by atoms with E-state index in [9.17, 15) is 0 Å². The molecule has 0 unspecified atom stereocenters. The Morgan fingerprint density at radius 2 is 2.14 bits per heavy atom. The zero-order valence-electron chi connectivity index (χ0n) is 8.89. The Hall–Kier alpha value is -0.530. The largest absolute Gasteiger partial charge is 0.324 e. The standard InChI is InChI=1S/C12H18ClN/c1-3-4-8-11(14)12-9(2)6-5-7-10(12)13/h5-7,11H,3-4,8,14H2,1-2H3/t11-/m1/s1. The number of benzene rings is 1. The topological polar surface area (TPSA) is 26.0 Å². The normalized spacial score (nSPS) is 12.9.